The van der Waals surface area contributed by atoms with Gasteiger partial charge < -0.3 is 14.7 Å². The Hall–Kier alpha value is -1.58. The maximum Gasteiger partial charge on any atom is 0.126 e. The number of fused-ring (bicyclic) bond motifs is 1. The summed E-state index contributed by atoms with van der Waals surface area (Å²) in [5.74, 6) is 0.860. The second-order valence-corrected chi connectivity index (χ2v) is 7.13. The quantitative estimate of drug-likeness (QED) is 0.504. The van der Waals surface area contributed by atoms with E-state index in [9.17, 15) is 5.11 Å². The molecule has 0 saturated carbocycles. The number of hydrogen-bond acceptors (Lipinski definition) is 3. The van der Waals surface area contributed by atoms with Gasteiger partial charge in [-0.2, -0.15) is 0 Å². The molecule has 3 nitrogen and oxygen atoms in total. The van der Waals surface area contributed by atoms with E-state index in [2.05, 4.69) is 30.9 Å². The highest BCUT2D eigenvalue weighted by molar-refractivity contribution is 5.91. The van der Waals surface area contributed by atoms with E-state index in [0.717, 1.165) is 35.2 Å². The van der Waals surface area contributed by atoms with E-state index < -0.39 is 6.10 Å². The van der Waals surface area contributed by atoms with E-state index in [0.29, 0.717) is 6.54 Å². The zero-order chi connectivity index (χ0) is 18.8. The van der Waals surface area contributed by atoms with Crippen LogP contribution in [0.2, 0.25) is 0 Å². The molecule has 0 heterocycles. The SMILES string of the molecule is CCCCCN(CCCCC)C[C@@H](O)c1ccc(OC)c2ccccc12. The monoisotopic (exact) mass is 357 g/mol. The van der Waals surface area contributed by atoms with Crippen LogP contribution in [0.4, 0.5) is 0 Å². The molecule has 3 heteroatoms. The van der Waals surface area contributed by atoms with E-state index in [1.807, 2.05) is 24.3 Å². The predicted octanol–water partition coefficient (Wildman–Crippen LogP) is 5.56. The van der Waals surface area contributed by atoms with Gasteiger partial charge in [-0.25, -0.2) is 0 Å². The van der Waals surface area contributed by atoms with Gasteiger partial charge in [-0.05, 0) is 42.9 Å². The third kappa shape index (κ3) is 5.72. The van der Waals surface area contributed by atoms with Crippen LogP contribution in [0, 0.1) is 0 Å². The van der Waals surface area contributed by atoms with Gasteiger partial charge in [0.2, 0.25) is 0 Å². The minimum atomic E-state index is -0.478. The number of aliphatic hydroxyl groups is 1. The Balaban J connectivity index is 2.14. The molecule has 0 unspecified atom stereocenters. The first-order valence-electron chi connectivity index (χ1n) is 10.2. The van der Waals surface area contributed by atoms with Crippen molar-refractivity contribution >= 4 is 10.8 Å². The summed E-state index contributed by atoms with van der Waals surface area (Å²) < 4.78 is 5.48. The van der Waals surface area contributed by atoms with Crippen molar-refractivity contribution in [1.29, 1.82) is 0 Å². The molecule has 0 aliphatic rings. The van der Waals surface area contributed by atoms with Crippen LogP contribution in [0.1, 0.15) is 64.0 Å². The highest BCUT2D eigenvalue weighted by Crippen LogP contribution is 2.31. The van der Waals surface area contributed by atoms with Crippen LogP contribution in [0.15, 0.2) is 36.4 Å². The molecule has 0 saturated heterocycles. The lowest BCUT2D eigenvalue weighted by atomic mass is 9.99. The van der Waals surface area contributed by atoms with Gasteiger partial charge in [-0.1, -0.05) is 69.9 Å². The highest BCUT2D eigenvalue weighted by atomic mass is 16.5. The number of hydrogen-bond donors (Lipinski definition) is 1. The lowest BCUT2D eigenvalue weighted by Crippen LogP contribution is -2.31. The molecule has 1 atom stereocenters. The normalized spacial score (nSPS) is 12.7. The summed E-state index contributed by atoms with van der Waals surface area (Å²) in [6.07, 6.45) is 6.91. The lowest BCUT2D eigenvalue weighted by molar-refractivity contribution is 0.111. The second kappa shape index (κ2) is 11.2. The van der Waals surface area contributed by atoms with E-state index in [1.54, 1.807) is 7.11 Å². The molecule has 2 aromatic carbocycles. The molecule has 0 bridgehead atoms. The fraction of sp³-hybridized carbons (Fsp3) is 0.565. The number of benzene rings is 2. The van der Waals surface area contributed by atoms with Crippen molar-refractivity contribution in [2.75, 3.05) is 26.7 Å². The molecular weight excluding hydrogens is 322 g/mol. The molecular formula is C23H35NO2. The smallest absolute Gasteiger partial charge is 0.126 e. The summed E-state index contributed by atoms with van der Waals surface area (Å²) in [5, 5.41) is 13.1. The molecule has 2 aromatic rings. The Morgan fingerprint density at radius 3 is 2.08 bits per heavy atom. The maximum absolute atomic E-state index is 11.0. The number of nitrogens with zero attached hydrogens (tertiary/aromatic N) is 1. The standard InChI is InChI=1S/C23H35NO2/c1-4-6-10-16-24(17-11-7-5-2)18-22(25)20-14-15-23(26-3)21-13-9-8-12-19(20)21/h8-9,12-15,22,25H,4-7,10-11,16-18H2,1-3H3/t22-/m1/s1. The first kappa shape index (κ1) is 20.7. The molecule has 0 aliphatic carbocycles. The third-order valence-corrected chi connectivity index (χ3v) is 5.08. The number of rotatable bonds is 12. The number of methoxy groups -OCH3 is 1. The Bertz CT molecular complexity index is 646. The summed E-state index contributed by atoms with van der Waals surface area (Å²) in [6.45, 7) is 7.31. The zero-order valence-corrected chi connectivity index (χ0v) is 16.7. The molecule has 0 spiro atoms. The van der Waals surface area contributed by atoms with Crippen LogP contribution in [0.25, 0.3) is 10.8 Å². The Morgan fingerprint density at radius 1 is 0.885 bits per heavy atom. The highest BCUT2D eigenvalue weighted by Gasteiger charge is 2.17. The van der Waals surface area contributed by atoms with Gasteiger partial charge in [0.15, 0.2) is 0 Å². The molecule has 0 aliphatic heterocycles. The molecule has 1 N–H and O–H groups in total. The minimum absolute atomic E-state index is 0.478. The summed E-state index contributed by atoms with van der Waals surface area (Å²) in [4.78, 5) is 2.44. The van der Waals surface area contributed by atoms with Crippen molar-refractivity contribution in [3.8, 4) is 5.75 Å². The lowest BCUT2D eigenvalue weighted by Gasteiger charge is -2.26. The third-order valence-electron chi connectivity index (χ3n) is 5.08. The molecule has 0 fully saturated rings. The molecule has 2 rings (SSSR count). The van der Waals surface area contributed by atoms with Gasteiger partial charge in [-0.3, -0.25) is 0 Å². The first-order chi connectivity index (χ1) is 12.7. The van der Waals surface area contributed by atoms with Crippen LogP contribution in [-0.4, -0.2) is 36.8 Å². The molecule has 0 radical (unpaired) electrons. The summed E-state index contributed by atoms with van der Waals surface area (Å²) >= 11 is 0. The van der Waals surface area contributed by atoms with E-state index in [-0.39, 0.29) is 0 Å². The van der Waals surface area contributed by atoms with Crippen molar-refractivity contribution in [2.24, 2.45) is 0 Å². The molecule has 144 valence electrons. The van der Waals surface area contributed by atoms with Crippen molar-refractivity contribution < 1.29 is 9.84 Å². The van der Waals surface area contributed by atoms with Gasteiger partial charge in [0.25, 0.3) is 0 Å². The zero-order valence-electron chi connectivity index (χ0n) is 16.7. The van der Waals surface area contributed by atoms with E-state index in [4.69, 9.17) is 4.74 Å². The minimum Gasteiger partial charge on any atom is -0.496 e. The van der Waals surface area contributed by atoms with Crippen LogP contribution < -0.4 is 4.74 Å². The topological polar surface area (TPSA) is 32.7 Å². The van der Waals surface area contributed by atoms with Gasteiger partial charge >= 0.3 is 0 Å². The maximum atomic E-state index is 11.0. The Kier molecular flexibility index (Phi) is 8.93. The van der Waals surface area contributed by atoms with Gasteiger partial charge in [0, 0.05) is 11.9 Å². The summed E-state index contributed by atoms with van der Waals surface area (Å²) in [5.41, 5.74) is 0.998. The van der Waals surface area contributed by atoms with Gasteiger partial charge in [0.05, 0.1) is 13.2 Å². The molecule has 0 aromatic heterocycles. The fourth-order valence-electron chi connectivity index (χ4n) is 3.57. The van der Waals surface area contributed by atoms with Crippen molar-refractivity contribution in [2.45, 2.75) is 58.5 Å². The van der Waals surface area contributed by atoms with E-state index >= 15 is 0 Å². The van der Waals surface area contributed by atoms with Crippen LogP contribution in [0.5, 0.6) is 5.75 Å². The average Bonchev–Trinajstić information content (AvgIpc) is 2.67. The summed E-state index contributed by atoms with van der Waals surface area (Å²) in [6, 6.07) is 12.2. The first-order valence-corrected chi connectivity index (χ1v) is 10.2. The largest absolute Gasteiger partial charge is 0.496 e. The van der Waals surface area contributed by atoms with Crippen LogP contribution in [0.3, 0.4) is 0 Å². The summed E-state index contributed by atoms with van der Waals surface area (Å²) in [7, 11) is 1.70. The van der Waals surface area contributed by atoms with Crippen molar-refractivity contribution in [1.82, 2.24) is 4.90 Å². The Labute approximate surface area is 159 Å². The van der Waals surface area contributed by atoms with Crippen LogP contribution in [-0.2, 0) is 0 Å². The average molecular weight is 358 g/mol. The number of ether oxygens (including phenoxy) is 1. The van der Waals surface area contributed by atoms with Crippen molar-refractivity contribution in [3.05, 3.63) is 42.0 Å². The van der Waals surface area contributed by atoms with Gasteiger partial charge in [0.1, 0.15) is 5.75 Å². The predicted molar refractivity (Wildman–Crippen MR) is 111 cm³/mol. The molecule has 26 heavy (non-hydrogen) atoms. The van der Waals surface area contributed by atoms with Gasteiger partial charge in [-0.15, -0.1) is 0 Å². The Morgan fingerprint density at radius 2 is 1.50 bits per heavy atom. The van der Waals surface area contributed by atoms with Crippen LogP contribution >= 0.6 is 0 Å². The van der Waals surface area contributed by atoms with Crippen molar-refractivity contribution in [3.63, 3.8) is 0 Å². The fourth-order valence-corrected chi connectivity index (χ4v) is 3.57. The number of aliphatic hydroxyl groups excluding tert-OH is 1. The number of unbranched alkanes of at least 4 members (excludes halogenated alkanes) is 4. The second-order valence-electron chi connectivity index (χ2n) is 7.13. The molecule has 0 amide bonds. The van der Waals surface area contributed by atoms with E-state index in [1.165, 1.54) is 38.5 Å².